The maximum absolute atomic E-state index is 12.9. The lowest BCUT2D eigenvalue weighted by Gasteiger charge is -2.25. The summed E-state index contributed by atoms with van der Waals surface area (Å²) in [5.41, 5.74) is 3.67. The van der Waals surface area contributed by atoms with Crippen molar-refractivity contribution in [3.8, 4) is 11.3 Å². The summed E-state index contributed by atoms with van der Waals surface area (Å²) in [6, 6.07) is 24.5. The number of anilines is 1. The first-order valence-corrected chi connectivity index (χ1v) is 12.4. The minimum atomic E-state index is -0.350. The molecule has 1 aliphatic rings. The lowest BCUT2D eigenvalue weighted by Crippen LogP contribution is -2.36. The van der Waals surface area contributed by atoms with E-state index in [4.69, 9.17) is 16.6 Å². The molecule has 1 aliphatic heterocycles. The van der Waals surface area contributed by atoms with E-state index < -0.39 is 0 Å². The van der Waals surface area contributed by atoms with Crippen molar-refractivity contribution in [2.24, 2.45) is 0 Å². The van der Waals surface area contributed by atoms with Gasteiger partial charge in [0.15, 0.2) is 5.11 Å². The molecule has 2 N–H and O–H groups in total. The van der Waals surface area contributed by atoms with E-state index in [2.05, 4.69) is 37.6 Å². The predicted octanol–water partition coefficient (Wildman–Crippen LogP) is 6.02. The van der Waals surface area contributed by atoms with Gasteiger partial charge < -0.3 is 20.0 Å². The number of carbonyl (C=O) groups excluding carboxylic acids is 1. The number of hydrogen-bond acceptors (Lipinski definition) is 4. The number of furan rings is 1. The Kier molecular flexibility index (Phi) is 6.66. The van der Waals surface area contributed by atoms with Crippen LogP contribution < -0.4 is 10.6 Å². The smallest absolute Gasteiger partial charge is 0.244 e. The van der Waals surface area contributed by atoms with Crippen molar-refractivity contribution in [3.63, 3.8) is 0 Å². The quantitative estimate of drug-likeness (QED) is 0.288. The van der Waals surface area contributed by atoms with E-state index in [0.29, 0.717) is 10.9 Å². The van der Waals surface area contributed by atoms with Crippen LogP contribution in [0.1, 0.15) is 29.1 Å². The number of aromatic nitrogens is 1. The van der Waals surface area contributed by atoms with Crippen LogP contribution in [0.3, 0.4) is 0 Å². The number of para-hydroxylation sites is 1. The van der Waals surface area contributed by atoms with Crippen LogP contribution in [-0.2, 0) is 4.79 Å². The number of thiocarbonyl (C=S) groups is 1. The Morgan fingerprint density at radius 3 is 2.66 bits per heavy atom. The molecular formula is C27H23BrN4O2S. The first-order chi connectivity index (χ1) is 17.0. The van der Waals surface area contributed by atoms with Crippen molar-refractivity contribution >= 4 is 44.9 Å². The molecule has 0 spiro atoms. The minimum Gasteiger partial charge on any atom is -0.459 e. The molecule has 0 aliphatic carbocycles. The van der Waals surface area contributed by atoms with Crippen molar-refractivity contribution in [1.29, 1.82) is 0 Å². The fraction of sp³-hybridized carbons (Fsp3) is 0.148. The van der Waals surface area contributed by atoms with Crippen LogP contribution in [0.2, 0.25) is 0 Å². The van der Waals surface area contributed by atoms with E-state index in [9.17, 15) is 4.79 Å². The van der Waals surface area contributed by atoms with Crippen LogP contribution in [-0.4, -0.2) is 27.4 Å². The highest BCUT2D eigenvalue weighted by molar-refractivity contribution is 9.10. The van der Waals surface area contributed by atoms with E-state index in [1.165, 1.54) is 0 Å². The fourth-order valence-electron chi connectivity index (χ4n) is 4.24. The highest BCUT2D eigenvalue weighted by atomic mass is 79.9. The summed E-state index contributed by atoms with van der Waals surface area (Å²) >= 11 is 9.32. The van der Waals surface area contributed by atoms with Gasteiger partial charge in [-0.1, -0.05) is 46.3 Å². The zero-order valence-electron chi connectivity index (χ0n) is 18.9. The van der Waals surface area contributed by atoms with Gasteiger partial charge in [-0.15, -0.1) is 0 Å². The average Bonchev–Trinajstić information content (AvgIpc) is 3.45. The van der Waals surface area contributed by atoms with Crippen LogP contribution in [0.4, 0.5) is 5.69 Å². The van der Waals surface area contributed by atoms with Crippen LogP contribution in [0, 0.1) is 6.92 Å². The van der Waals surface area contributed by atoms with E-state index >= 15 is 0 Å². The number of aryl methyl sites for hydroxylation is 1. The first-order valence-electron chi connectivity index (χ1n) is 11.2. The van der Waals surface area contributed by atoms with Gasteiger partial charge >= 0.3 is 0 Å². The van der Waals surface area contributed by atoms with Gasteiger partial charge in [0, 0.05) is 21.9 Å². The topological polar surface area (TPSA) is 70.4 Å². The van der Waals surface area contributed by atoms with Gasteiger partial charge in [0.1, 0.15) is 24.1 Å². The third-order valence-corrected chi connectivity index (χ3v) is 6.89. The third-order valence-electron chi connectivity index (χ3n) is 5.88. The Balaban J connectivity index is 1.47. The Hall–Kier alpha value is -3.49. The van der Waals surface area contributed by atoms with Gasteiger partial charge in [0.05, 0.1) is 11.7 Å². The molecule has 35 heavy (non-hydrogen) atoms. The van der Waals surface area contributed by atoms with Crippen molar-refractivity contribution in [2.75, 3.05) is 11.9 Å². The molecule has 0 saturated carbocycles. The molecule has 176 valence electrons. The molecule has 2 aromatic carbocycles. The van der Waals surface area contributed by atoms with Crippen molar-refractivity contribution in [2.45, 2.75) is 19.0 Å². The predicted molar refractivity (Wildman–Crippen MR) is 144 cm³/mol. The molecule has 2 atom stereocenters. The molecule has 1 saturated heterocycles. The molecule has 0 bridgehead atoms. The van der Waals surface area contributed by atoms with Crippen molar-refractivity contribution in [3.05, 3.63) is 107 Å². The summed E-state index contributed by atoms with van der Waals surface area (Å²) in [6.45, 7) is 2.11. The van der Waals surface area contributed by atoms with E-state index in [0.717, 1.165) is 32.7 Å². The Morgan fingerprint density at radius 2 is 1.91 bits per heavy atom. The average molecular weight is 547 g/mol. The Morgan fingerprint density at radius 1 is 1.11 bits per heavy atom. The molecule has 4 aromatic rings. The number of pyridine rings is 1. The van der Waals surface area contributed by atoms with E-state index in [1.54, 1.807) is 6.20 Å². The normalized spacial score (nSPS) is 17.3. The third kappa shape index (κ3) is 4.99. The molecule has 1 amide bonds. The number of hydrogen-bond donors (Lipinski definition) is 2. The van der Waals surface area contributed by atoms with Crippen LogP contribution in [0.25, 0.3) is 11.3 Å². The molecule has 0 unspecified atom stereocenters. The van der Waals surface area contributed by atoms with Crippen molar-refractivity contribution < 1.29 is 9.21 Å². The number of nitrogens with zero attached hydrogens (tertiary/aromatic N) is 2. The maximum atomic E-state index is 12.9. The number of benzene rings is 2. The monoisotopic (exact) mass is 546 g/mol. The summed E-state index contributed by atoms with van der Waals surface area (Å²) in [6.07, 6.45) is 1.75. The van der Waals surface area contributed by atoms with Crippen LogP contribution in [0.15, 0.2) is 93.9 Å². The standard InChI is InChI=1S/C27H23BrN4O2S/c1-17-10-11-19(20(28)15-17)22-12-13-23(34-22)26-25(21-9-5-6-14-29-21)31-27(35)32(26)16-24(33)30-18-7-3-2-4-8-18/h2-15,25-26H,16H2,1H3,(H,30,33)(H,31,35)/t25-,26+/m1/s1. The molecule has 1 fully saturated rings. The van der Waals surface area contributed by atoms with E-state index in [-0.39, 0.29) is 24.5 Å². The highest BCUT2D eigenvalue weighted by Crippen LogP contribution is 2.41. The van der Waals surface area contributed by atoms with Gasteiger partial charge in [-0.2, -0.15) is 0 Å². The molecular weight excluding hydrogens is 524 g/mol. The zero-order chi connectivity index (χ0) is 24.4. The van der Waals surface area contributed by atoms with Gasteiger partial charge in [-0.3, -0.25) is 9.78 Å². The zero-order valence-corrected chi connectivity index (χ0v) is 21.3. The van der Waals surface area contributed by atoms with Crippen molar-refractivity contribution in [1.82, 2.24) is 15.2 Å². The Labute approximate surface area is 217 Å². The van der Waals surface area contributed by atoms with Crippen LogP contribution >= 0.6 is 28.1 Å². The molecule has 5 rings (SSSR count). The van der Waals surface area contributed by atoms with Gasteiger partial charge in [-0.05, 0) is 73.2 Å². The first kappa shape index (κ1) is 23.3. The SMILES string of the molecule is Cc1ccc(-c2ccc([C@H]3[C@@H](c4ccccn4)NC(=S)N3CC(=O)Nc3ccccc3)o2)c(Br)c1. The fourth-order valence-corrected chi connectivity index (χ4v) is 5.23. The summed E-state index contributed by atoms with van der Waals surface area (Å²) in [5.74, 6) is 1.27. The number of nitrogens with one attached hydrogen (secondary N) is 2. The summed E-state index contributed by atoms with van der Waals surface area (Å²) < 4.78 is 7.33. The van der Waals surface area contributed by atoms with Gasteiger partial charge in [0.25, 0.3) is 0 Å². The summed E-state index contributed by atoms with van der Waals surface area (Å²) in [4.78, 5) is 19.3. The summed E-state index contributed by atoms with van der Waals surface area (Å²) in [7, 11) is 0. The number of halogens is 1. The van der Waals surface area contributed by atoms with Gasteiger partial charge in [0.2, 0.25) is 5.91 Å². The van der Waals surface area contributed by atoms with Gasteiger partial charge in [-0.25, -0.2) is 0 Å². The number of rotatable bonds is 6. The number of carbonyl (C=O) groups is 1. The minimum absolute atomic E-state index is 0.0684. The molecule has 8 heteroatoms. The highest BCUT2D eigenvalue weighted by Gasteiger charge is 2.42. The second-order valence-electron chi connectivity index (χ2n) is 8.35. The van der Waals surface area contributed by atoms with E-state index in [1.807, 2.05) is 84.6 Å². The lowest BCUT2D eigenvalue weighted by molar-refractivity contribution is -0.116. The molecule has 2 aromatic heterocycles. The molecule has 3 heterocycles. The van der Waals surface area contributed by atoms with Crippen LogP contribution in [0.5, 0.6) is 0 Å². The molecule has 6 nitrogen and oxygen atoms in total. The lowest BCUT2D eigenvalue weighted by atomic mass is 10.0. The molecule has 0 radical (unpaired) electrons. The Bertz CT molecular complexity index is 1360. The number of amides is 1. The largest absolute Gasteiger partial charge is 0.459 e. The summed E-state index contributed by atoms with van der Waals surface area (Å²) in [5, 5.41) is 6.77. The maximum Gasteiger partial charge on any atom is 0.244 e. The second-order valence-corrected chi connectivity index (χ2v) is 9.60. The second kappa shape index (κ2) is 10.0.